The maximum atomic E-state index is 12.6. The van der Waals surface area contributed by atoms with Crippen molar-refractivity contribution in [3.8, 4) is 0 Å². The number of carbonyl (C=O) groups is 2. The van der Waals surface area contributed by atoms with Crippen molar-refractivity contribution in [2.24, 2.45) is 0 Å². The van der Waals surface area contributed by atoms with Crippen LogP contribution in [0.4, 0.5) is 0 Å². The number of nitrogens with one attached hydrogen (secondary N) is 1. The molecule has 0 aliphatic carbocycles. The Morgan fingerprint density at radius 1 is 0.643 bits per heavy atom. The van der Waals surface area contributed by atoms with Crippen LogP contribution in [0.2, 0.25) is 0 Å². The summed E-state index contributed by atoms with van der Waals surface area (Å²) < 4.78 is 0. The van der Waals surface area contributed by atoms with Crippen LogP contribution in [0.25, 0.3) is 0 Å². The van der Waals surface area contributed by atoms with Gasteiger partial charge in [-0.1, -0.05) is 0 Å². The second kappa shape index (κ2) is 8.19. The van der Waals surface area contributed by atoms with Crippen LogP contribution in [0.5, 0.6) is 0 Å². The van der Waals surface area contributed by atoms with E-state index in [2.05, 4.69) is 78.1 Å². The molecule has 140 valence electrons. The van der Waals surface area contributed by atoms with E-state index in [-0.39, 0.29) is 11.8 Å². The van der Waals surface area contributed by atoms with Gasteiger partial charge in [-0.15, -0.1) is 0 Å². The van der Waals surface area contributed by atoms with Gasteiger partial charge in [0.1, 0.15) is 0 Å². The van der Waals surface area contributed by atoms with Crippen molar-refractivity contribution >= 4 is 47.9 Å². The molecule has 0 aromatic heterocycles. The number of benzene rings is 3. The first-order valence-corrected chi connectivity index (χ1v) is 13.0. The van der Waals surface area contributed by atoms with Crippen molar-refractivity contribution in [1.29, 1.82) is 0 Å². The molecule has 3 aromatic carbocycles. The minimum atomic E-state index is -2.51. The molecule has 1 N–H and O–H groups in total. The van der Waals surface area contributed by atoms with Crippen LogP contribution in [0.15, 0.2) is 91.0 Å². The van der Waals surface area contributed by atoms with E-state index in [0.717, 1.165) is 13.2 Å². The molecule has 28 heavy (non-hydrogen) atoms. The summed E-state index contributed by atoms with van der Waals surface area (Å²) in [7, 11) is 1.01. The zero-order valence-corrected chi connectivity index (χ0v) is 17.2. The standard InChI is InChI=1S/C23H21NO2P2/c25-22-17-16-21(23(26)24-22)27-28(18-10-4-1-5-11-18,19-12-6-2-7-13-19)20-14-8-3-9-15-20/h1-15,28H,16-17H2,(H,24,25,26). The molecule has 0 bridgehead atoms. The van der Waals surface area contributed by atoms with Gasteiger partial charge in [0.2, 0.25) is 0 Å². The third-order valence-electron chi connectivity index (χ3n) is 4.98. The topological polar surface area (TPSA) is 46.2 Å². The summed E-state index contributed by atoms with van der Waals surface area (Å²) in [6.07, 6.45) is 0.893. The fraction of sp³-hybridized carbons (Fsp3) is 0.0870. The average Bonchev–Trinajstić information content (AvgIpc) is 2.75. The summed E-state index contributed by atoms with van der Waals surface area (Å²) in [6.45, 7) is -2.51. The zero-order valence-electron chi connectivity index (χ0n) is 15.3. The van der Waals surface area contributed by atoms with Crippen molar-refractivity contribution in [1.82, 2.24) is 5.32 Å². The van der Waals surface area contributed by atoms with E-state index in [9.17, 15) is 9.59 Å². The molecule has 1 fully saturated rings. The Balaban J connectivity index is 2.02. The minimum absolute atomic E-state index is 0.185. The summed E-state index contributed by atoms with van der Waals surface area (Å²) in [6, 6.07) is 31.5. The van der Waals surface area contributed by atoms with Gasteiger partial charge in [0, 0.05) is 0 Å². The molecule has 0 saturated carbocycles. The Kier molecular flexibility index (Phi) is 5.48. The second-order valence-electron chi connectivity index (χ2n) is 6.74. The molecule has 3 nitrogen and oxygen atoms in total. The Labute approximate surface area is 166 Å². The van der Waals surface area contributed by atoms with Crippen LogP contribution < -0.4 is 21.2 Å². The Bertz CT molecular complexity index is 922. The van der Waals surface area contributed by atoms with Crippen LogP contribution in [0.1, 0.15) is 12.8 Å². The molecule has 1 saturated heterocycles. The molecular formula is C23H21NO2P2. The number of rotatable bonds is 4. The number of piperidine rings is 1. The van der Waals surface area contributed by atoms with Crippen LogP contribution in [-0.2, 0) is 9.59 Å². The molecule has 1 aliphatic heterocycles. The van der Waals surface area contributed by atoms with Gasteiger partial charge in [0.25, 0.3) is 0 Å². The van der Waals surface area contributed by atoms with Gasteiger partial charge in [0.05, 0.1) is 0 Å². The van der Waals surface area contributed by atoms with Gasteiger partial charge in [-0.25, -0.2) is 0 Å². The Hall–Kier alpha value is -2.60. The van der Waals surface area contributed by atoms with Gasteiger partial charge in [0.15, 0.2) is 0 Å². The SMILES string of the molecule is O=C1CCC(=P[PH](c2ccccc2)(c2ccccc2)c2ccccc2)C(=O)N1. The van der Waals surface area contributed by atoms with Crippen molar-refractivity contribution in [3.63, 3.8) is 0 Å². The number of amides is 2. The van der Waals surface area contributed by atoms with Crippen molar-refractivity contribution in [2.75, 3.05) is 0 Å². The number of hydrogen-bond acceptors (Lipinski definition) is 2. The summed E-state index contributed by atoms with van der Waals surface area (Å²) in [5.41, 5.74) is 0. The molecule has 0 spiro atoms. The van der Waals surface area contributed by atoms with Crippen LogP contribution >= 0.6 is 14.8 Å². The molecular weight excluding hydrogens is 384 g/mol. The molecule has 0 atom stereocenters. The van der Waals surface area contributed by atoms with Crippen LogP contribution in [0, 0.1) is 0 Å². The molecule has 1 heterocycles. The first-order chi connectivity index (χ1) is 13.7. The van der Waals surface area contributed by atoms with Gasteiger partial charge in [-0.2, -0.15) is 0 Å². The Morgan fingerprint density at radius 2 is 1.07 bits per heavy atom. The van der Waals surface area contributed by atoms with Gasteiger partial charge in [-0.3, -0.25) is 0 Å². The number of hydrogen-bond donors (Lipinski definition) is 1. The van der Waals surface area contributed by atoms with Gasteiger partial charge in [-0.05, 0) is 0 Å². The molecule has 5 heteroatoms. The molecule has 0 unspecified atom stereocenters. The van der Waals surface area contributed by atoms with Crippen molar-refractivity contribution in [2.45, 2.75) is 12.8 Å². The maximum absolute atomic E-state index is 12.6. The predicted molar refractivity (Wildman–Crippen MR) is 121 cm³/mol. The van der Waals surface area contributed by atoms with E-state index >= 15 is 0 Å². The van der Waals surface area contributed by atoms with E-state index in [4.69, 9.17) is 0 Å². The molecule has 2 amide bonds. The third-order valence-corrected chi connectivity index (χ3v) is 13.7. The Morgan fingerprint density at radius 3 is 1.46 bits per heavy atom. The van der Waals surface area contributed by atoms with E-state index in [0.29, 0.717) is 12.8 Å². The number of imide groups is 1. The molecule has 4 rings (SSSR count). The molecule has 1 aliphatic rings. The monoisotopic (exact) mass is 405 g/mol. The predicted octanol–water partition coefficient (Wildman–Crippen LogP) is 3.18. The molecule has 3 aromatic rings. The van der Waals surface area contributed by atoms with E-state index in [1.54, 1.807) is 0 Å². The normalized spacial score (nSPS) is 16.6. The fourth-order valence-electron chi connectivity index (χ4n) is 3.65. The summed E-state index contributed by atoms with van der Waals surface area (Å²) in [5, 5.41) is 7.07. The summed E-state index contributed by atoms with van der Waals surface area (Å²) in [5.74, 6) is -0.409. The first kappa shape index (κ1) is 18.7. The average molecular weight is 405 g/mol. The van der Waals surface area contributed by atoms with E-state index in [1.165, 1.54) is 15.9 Å². The van der Waals surface area contributed by atoms with Gasteiger partial charge < -0.3 is 0 Å². The van der Waals surface area contributed by atoms with Crippen molar-refractivity contribution < 1.29 is 9.59 Å². The quantitative estimate of drug-likeness (QED) is 0.535. The van der Waals surface area contributed by atoms with Crippen LogP contribution in [-0.4, -0.2) is 17.1 Å². The van der Waals surface area contributed by atoms with E-state index in [1.807, 2.05) is 18.2 Å². The third kappa shape index (κ3) is 3.56. The zero-order chi connectivity index (χ0) is 19.4. The number of carbonyl (C=O) groups excluding carboxylic acids is 2. The fourth-order valence-corrected chi connectivity index (χ4v) is 12.2. The molecule has 0 radical (unpaired) electrons. The first-order valence-electron chi connectivity index (χ1n) is 9.29. The van der Waals surface area contributed by atoms with Gasteiger partial charge >= 0.3 is 167 Å². The van der Waals surface area contributed by atoms with Crippen molar-refractivity contribution in [3.05, 3.63) is 91.0 Å². The summed E-state index contributed by atoms with van der Waals surface area (Å²) in [4.78, 5) is 24.3. The second-order valence-corrected chi connectivity index (χ2v) is 13.3. The summed E-state index contributed by atoms with van der Waals surface area (Å²) >= 11 is 0. The van der Waals surface area contributed by atoms with Crippen LogP contribution in [0.3, 0.4) is 0 Å². The van der Waals surface area contributed by atoms with E-state index < -0.39 is 6.95 Å².